The maximum Gasteiger partial charge on any atom is 0.508 e. The fraction of sp³-hybridized carbons (Fsp3) is 0.909. The lowest BCUT2D eigenvalue weighted by molar-refractivity contribution is 0.0529. The molecule has 0 aromatic carbocycles. The molecule has 3 nitrogen and oxygen atoms in total. The molecule has 0 radical (unpaired) electrons. The van der Waals surface area contributed by atoms with Crippen LogP contribution in [0.2, 0.25) is 0 Å². The van der Waals surface area contributed by atoms with Gasteiger partial charge in [0.1, 0.15) is 0 Å². The van der Waals surface area contributed by atoms with Gasteiger partial charge in [-0.2, -0.15) is 0 Å². The van der Waals surface area contributed by atoms with Gasteiger partial charge in [0.25, 0.3) is 0 Å². The summed E-state index contributed by atoms with van der Waals surface area (Å²) in [5.41, 5.74) is 0. The van der Waals surface area contributed by atoms with Gasteiger partial charge >= 0.3 is 6.16 Å². The number of hydrogen-bond acceptors (Lipinski definition) is 3. The third kappa shape index (κ3) is 31.0. The largest absolute Gasteiger partial charge is 0.508 e. The molecule has 0 spiro atoms. The Morgan fingerprint density at radius 1 is 0.417 bits per heavy atom. The zero-order valence-corrected chi connectivity index (χ0v) is 24.7. The predicted molar refractivity (Wildman–Crippen MR) is 158 cm³/mol. The van der Waals surface area contributed by atoms with Crippen molar-refractivity contribution in [1.82, 2.24) is 0 Å². The summed E-state index contributed by atoms with van der Waals surface area (Å²) in [5, 5.41) is 0. The Balaban J connectivity index is 3.16. The van der Waals surface area contributed by atoms with E-state index >= 15 is 0 Å². The lowest BCUT2D eigenvalue weighted by atomic mass is 10.1. The van der Waals surface area contributed by atoms with Crippen LogP contribution in [0.4, 0.5) is 4.79 Å². The number of carbonyl (C=O) groups excluding carboxylic acids is 1. The topological polar surface area (TPSA) is 35.5 Å². The Bertz CT molecular complexity index is 446. The van der Waals surface area contributed by atoms with Gasteiger partial charge in [0.15, 0.2) is 0 Å². The Labute approximate surface area is 226 Å². The number of carbonyl (C=O) groups is 1. The second-order valence-electron chi connectivity index (χ2n) is 10.8. The fourth-order valence-corrected chi connectivity index (χ4v) is 4.65. The summed E-state index contributed by atoms with van der Waals surface area (Å²) in [7, 11) is 0. The van der Waals surface area contributed by atoms with Crippen LogP contribution in [-0.4, -0.2) is 19.4 Å². The summed E-state index contributed by atoms with van der Waals surface area (Å²) in [6.07, 6.45) is 38.2. The van der Waals surface area contributed by atoms with E-state index in [9.17, 15) is 4.79 Å². The van der Waals surface area contributed by atoms with Gasteiger partial charge in [-0.05, 0) is 38.5 Å². The summed E-state index contributed by atoms with van der Waals surface area (Å²) < 4.78 is 10.4. The molecule has 0 aromatic heterocycles. The Hall–Kier alpha value is -0.990. The van der Waals surface area contributed by atoms with Gasteiger partial charge in [-0.15, -0.1) is 0 Å². The fourth-order valence-electron chi connectivity index (χ4n) is 4.65. The van der Waals surface area contributed by atoms with E-state index in [1.165, 1.54) is 141 Å². The second-order valence-corrected chi connectivity index (χ2v) is 10.8. The van der Waals surface area contributed by atoms with Crippen molar-refractivity contribution in [2.75, 3.05) is 13.2 Å². The van der Waals surface area contributed by atoms with Gasteiger partial charge in [0.05, 0.1) is 13.2 Å². The van der Waals surface area contributed by atoms with Crippen molar-refractivity contribution in [3.8, 4) is 0 Å². The van der Waals surface area contributed by atoms with Crippen LogP contribution in [0, 0.1) is 0 Å². The van der Waals surface area contributed by atoms with E-state index < -0.39 is 6.16 Å². The summed E-state index contributed by atoms with van der Waals surface area (Å²) in [5.74, 6) is 0. The molecule has 0 heterocycles. The van der Waals surface area contributed by atoms with Crippen molar-refractivity contribution in [1.29, 1.82) is 0 Å². The second kappa shape index (κ2) is 32.0. The van der Waals surface area contributed by atoms with Gasteiger partial charge in [0.2, 0.25) is 0 Å². The van der Waals surface area contributed by atoms with E-state index in [2.05, 4.69) is 26.0 Å². The Morgan fingerprint density at radius 3 is 1.03 bits per heavy atom. The van der Waals surface area contributed by atoms with Crippen LogP contribution in [-0.2, 0) is 9.47 Å². The summed E-state index contributed by atoms with van der Waals surface area (Å²) >= 11 is 0. The Morgan fingerprint density at radius 2 is 0.694 bits per heavy atom. The van der Waals surface area contributed by atoms with Gasteiger partial charge in [0, 0.05) is 0 Å². The molecule has 0 aliphatic rings. The molecule has 0 unspecified atom stereocenters. The number of allylic oxidation sites excluding steroid dienone is 2. The highest BCUT2D eigenvalue weighted by Crippen LogP contribution is 2.13. The van der Waals surface area contributed by atoms with E-state index in [1.807, 2.05) is 0 Å². The lowest BCUT2D eigenvalue weighted by Crippen LogP contribution is -2.09. The van der Waals surface area contributed by atoms with Crippen molar-refractivity contribution in [2.24, 2.45) is 0 Å². The van der Waals surface area contributed by atoms with E-state index in [0.717, 1.165) is 25.7 Å². The first-order valence-electron chi connectivity index (χ1n) is 16.3. The highest BCUT2D eigenvalue weighted by molar-refractivity contribution is 5.59. The minimum Gasteiger partial charge on any atom is -0.434 e. The first-order valence-corrected chi connectivity index (χ1v) is 16.3. The highest BCUT2D eigenvalue weighted by atomic mass is 16.7. The molecule has 0 N–H and O–H groups in total. The standard InChI is InChI=1S/C33H64O3/c1-3-5-7-9-11-13-14-15-16-17-18-19-20-21-22-23-24-26-28-30-32-36-33(34)35-31-29-27-25-12-10-8-6-4-2/h15-16H,3-14,17-32H2,1-2H3. The first-order chi connectivity index (χ1) is 17.8. The SMILES string of the molecule is CCCCCCCCC=CCCCCCCCCCCCCOC(=O)OCCCCCCCCCC. The van der Waals surface area contributed by atoms with Crippen molar-refractivity contribution in [3.05, 3.63) is 12.2 Å². The minimum atomic E-state index is -0.480. The molecular weight excluding hydrogens is 444 g/mol. The van der Waals surface area contributed by atoms with Crippen LogP contribution in [0.5, 0.6) is 0 Å². The quantitative estimate of drug-likeness (QED) is 0.0572. The van der Waals surface area contributed by atoms with Crippen LogP contribution in [0.3, 0.4) is 0 Å². The molecule has 0 aliphatic carbocycles. The summed E-state index contributed by atoms with van der Waals surface area (Å²) in [6.45, 7) is 5.54. The third-order valence-electron chi connectivity index (χ3n) is 7.09. The van der Waals surface area contributed by atoms with Gasteiger partial charge < -0.3 is 9.47 Å². The molecule has 0 atom stereocenters. The van der Waals surface area contributed by atoms with Crippen molar-refractivity contribution >= 4 is 6.16 Å². The Kier molecular flexibility index (Phi) is 31.2. The van der Waals surface area contributed by atoms with E-state index in [-0.39, 0.29) is 0 Å². The zero-order valence-electron chi connectivity index (χ0n) is 24.7. The van der Waals surface area contributed by atoms with Crippen LogP contribution in [0.25, 0.3) is 0 Å². The average Bonchev–Trinajstić information content (AvgIpc) is 2.88. The zero-order chi connectivity index (χ0) is 26.2. The van der Waals surface area contributed by atoms with Gasteiger partial charge in [-0.25, -0.2) is 4.79 Å². The molecule has 214 valence electrons. The van der Waals surface area contributed by atoms with Crippen LogP contribution >= 0.6 is 0 Å². The van der Waals surface area contributed by atoms with E-state index in [4.69, 9.17) is 9.47 Å². The van der Waals surface area contributed by atoms with Crippen LogP contribution < -0.4 is 0 Å². The van der Waals surface area contributed by atoms with E-state index in [1.54, 1.807) is 0 Å². The first kappa shape index (κ1) is 35.0. The van der Waals surface area contributed by atoms with E-state index in [0.29, 0.717) is 13.2 Å². The van der Waals surface area contributed by atoms with Crippen molar-refractivity contribution < 1.29 is 14.3 Å². The lowest BCUT2D eigenvalue weighted by Gasteiger charge is -2.06. The number of unbranched alkanes of at least 4 members (excludes halogenated alkanes) is 23. The normalized spacial score (nSPS) is 11.4. The molecule has 0 amide bonds. The van der Waals surface area contributed by atoms with Crippen molar-refractivity contribution in [2.45, 2.75) is 181 Å². The molecule has 0 fully saturated rings. The molecule has 0 rings (SSSR count). The molecule has 0 saturated heterocycles. The number of hydrogen-bond donors (Lipinski definition) is 0. The van der Waals surface area contributed by atoms with Gasteiger partial charge in [-0.1, -0.05) is 154 Å². The summed E-state index contributed by atoms with van der Waals surface area (Å²) in [6, 6.07) is 0. The molecule has 0 saturated carbocycles. The maximum atomic E-state index is 11.6. The monoisotopic (exact) mass is 508 g/mol. The van der Waals surface area contributed by atoms with Crippen molar-refractivity contribution in [3.63, 3.8) is 0 Å². The average molecular weight is 509 g/mol. The minimum absolute atomic E-state index is 0.480. The highest BCUT2D eigenvalue weighted by Gasteiger charge is 2.03. The maximum absolute atomic E-state index is 11.6. The summed E-state index contributed by atoms with van der Waals surface area (Å²) in [4.78, 5) is 11.6. The van der Waals surface area contributed by atoms with Gasteiger partial charge in [-0.3, -0.25) is 0 Å². The molecule has 0 aliphatic heterocycles. The third-order valence-corrected chi connectivity index (χ3v) is 7.09. The molecular formula is C33H64O3. The predicted octanol–water partition coefficient (Wildman–Crippen LogP) is 11.9. The molecule has 36 heavy (non-hydrogen) atoms. The molecule has 0 aromatic rings. The molecule has 3 heteroatoms. The van der Waals surface area contributed by atoms with Crippen LogP contribution in [0.15, 0.2) is 12.2 Å². The molecule has 0 bridgehead atoms. The number of ether oxygens (including phenoxy) is 2. The van der Waals surface area contributed by atoms with Crippen LogP contribution in [0.1, 0.15) is 181 Å². The number of rotatable bonds is 29. The smallest absolute Gasteiger partial charge is 0.434 e.